The van der Waals surface area contributed by atoms with Crippen LogP contribution in [0.3, 0.4) is 0 Å². The highest BCUT2D eigenvalue weighted by molar-refractivity contribution is 6.48. The maximum Gasteiger partial charge on any atom is 0.428 e. The standard InChI is InChI=1S/C23H16Cl3F3N2O3/c24-17-9-12(10-18(25)20(17)26)22(23(27,28)29)11-19(31-34-22)15-5-6-16(21(33)30-7-8-32)14-4-2-1-3-13(14)15/h1-6,9-11,31-32H,7-8H2,(H,30,33). The molecule has 11 heteroatoms. The van der Waals surface area contributed by atoms with Crippen LogP contribution in [0.4, 0.5) is 13.2 Å². The second-order valence-corrected chi connectivity index (χ2v) is 8.63. The summed E-state index contributed by atoms with van der Waals surface area (Å²) in [6.45, 7) is -0.163. The molecule has 0 spiro atoms. The van der Waals surface area contributed by atoms with Crippen molar-refractivity contribution in [2.45, 2.75) is 11.8 Å². The van der Waals surface area contributed by atoms with Crippen molar-refractivity contribution in [3.8, 4) is 0 Å². The van der Waals surface area contributed by atoms with Crippen LogP contribution >= 0.6 is 34.8 Å². The third kappa shape index (κ3) is 4.21. The van der Waals surface area contributed by atoms with Crippen molar-refractivity contribution in [3.63, 3.8) is 0 Å². The van der Waals surface area contributed by atoms with E-state index < -0.39 is 17.7 Å². The van der Waals surface area contributed by atoms with Gasteiger partial charge in [-0.2, -0.15) is 13.2 Å². The third-order valence-corrected chi connectivity index (χ3v) is 6.56. The number of benzene rings is 3. The smallest absolute Gasteiger partial charge is 0.395 e. The highest BCUT2D eigenvalue weighted by Gasteiger charge is 2.60. The van der Waals surface area contributed by atoms with Crippen LogP contribution in [-0.4, -0.2) is 30.3 Å². The zero-order chi connectivity index (χ0) is 24.7. The van der Waals surface area contributed by atoms with Gasteiger partial charge in [-0.15, -0.1) is 0 Å². The van der Waals surface area contributed by atoms with Crippen molar-refractivity contribution in [2.24, 2.45) is 0 Å². The molecule has 0 saturated carbocycles. The number of hydrogen-bond donors (Lipinski definition) is 3. The van der Waals surface area contributed by atoms with Gasteiger partial charge in [0.1, 0.15) is 0 Å². The number of carbonyl (C=O) groups excluding carboxylic acids is 1. The van der Waals surface area contributed by atoms with E-state index in [1.54, 1.807) is 24.3 Å². The zero-order valence-corrected chi connectivity index (χ0v) is 19.4. The van der Waals surface area contributed by atoms with Crippen molar-refractivity contribution >= 4 is 57.2 Å². The Hall–Kier alpha value is -2.49. The van der Waals surface area contributed by atoms with Crippen LogP contribution in [0, 0.1) is 0 Å². The summed E-state index contributed by atoms with van der Waals surface area (Å²) in [4.78, 5) is 17.7. The Morgan fingerprint density at radius 3 is 2.32 bits per heavy atom. The van der Waals surface area contributed by atoms with Gasteiger partial charge >= 0.3 is 6.18 Å². The number of amides is 1. The monoisotopic (exact) mass is 530 g/mol. The first-order valence-electron chi connectivity index (χ1n) is 9.89. The van der Waals surface area contributed by atoms with Crippen LogP contribution in [0.1, 0.15) is 21.5 Å². The fourth-order valence-electron chi connectivity index (χ4n) is 3.74. The molecule has 1 amide bonds. The van der Waals surface area contributed by atoms with Gasteiger partial charge in [0.2, 0.25) is 5.60 Å². The maximum atomic E-state index is 14.4. The molecule has 1 atom stereocenters. The highest BCUT2D eigenvalue weighted by atomic mass is 35.5. The number of alkyl halides is 3. The van der Waals surface area contributed by atoms with E-state index in [1.807, 2.05) is 0 Å². The van der Waals surface area contributed by atoms with E-state index in [0.29, 0.717) is 21.9 Å². The number of nitrogens with one attached hydrogen (secondary N) is 2. The molecular formula is C23H16Cl3F3N2O3. The fourth-order valence-corrected chi connectivity index (χ4v) is 4.34. The Bertz CT molecular complexity index is 1290. The molecule has 0 bridgehead atoms. The highest BCUT2D eigenvalue weighted by Crippen LogP contribution is 2.49. The average Bonchev–Trinajstić information content (AvgIpc) is 3.26. The molecule has 1 unspecified atom stereocenters. The predicted octanol–water partition coefficient (Wildman–Crippen LogP) is 5.86. The molecular weight excluding hydrogens is 516 g/mol. The summed E-state index contributed by atoms with van der Waals surface area (Å²) >= 11 is 17.9. The Morgan fingerprint density at radius 1 is 1.06 bits per heavy atom. The van der Waals surface area contributed by atoms with E-state index in [1.165, 1.54) is 12.1 Å². The van der Waals surface area contributed by atoms with E-state index in [-0.39, 0.29) is 39.5 Å². The fraction of sp³-hybridized carbons (Fsp3) is 0.174. The van der Waals surface area contributed by atoms with Crippen LogP contribution in [0.25, 0.3) is 16.5 Å². The van der Waals surface area contributed by atoms with E-state index in [0.717, 1.165) is 18.2 Å². The van der Waals surface area contributed by atoms with Crippen molar-refractivity contribution in [1.82, 2.24) is 10.8 Å². The summed E-state index contributed by atoms with van der Waals surface area (Å²) in [5, 5.41) is 12.2. The van der Waals surface area contributed by atoms with Crippen molar-refractivity contribution in [1.29, 1.82) is 0 Å². The molecule has 1 aliphatic rings. The van der Waals surface area contributed by atoms with Crippen LogP contribution < -0.4 is 10.8 Å². The minimum absolute atomic E-state index is 0.0398. The average molecular weight is 532 g/mol. The second kappa shape index (κ2) is 9.28. The Balaban J connectivity index is 1.87. The lowest BCUT2D eigenvalue weighted by Gasteiger charge is -2.29. The van der Waals surface area contributed by atoms with Crippen LogP contribution in [0.2, 0.25) is 15.1 Å². The molecule has 34 heavy (non-hydrogen) atoms. The molecule has 1 aliphatic heterocycles. The van der Waals surface area contributed by atoms with E-state index in [2.05, 4.69) is 10.8 Å². The minimum Gasteiger partial charge on any atom is -0.395 e. The molecule has 1 heterocycles. The maximum absolute atomic E-state index is 14.4. The SMILES string of the molecule is O=C(NCCO)c1ccc(C2=CC(c3cc(Cl)c(Cl)c(Cl)c3)(C(F)(F)F)ON2)c2ccccc12. The van der Waals surface area contributed by atoms with Gasteiger partial charge in [0, 0.05) is 23.2 Å². The van der Waals surface area contributed by atoms with Gasteiger partial charge in [-0.25, -0.2) is 0 Å². The quantitative estimate of drug-likeness (QED) is 0.361. The van der Waals surface area contributed by atoms with Gasteiger partial charge in [-0.05, 0) is 35.0 Å². The summed E-state index contributed by atoms with van der Waals surface area (Å²) in [5.74, 6) is -0.420. The first-order valence-corrected chi connectivity index (χ1v) is 11.0. The Kier molecular flexibility index (Phi) is 6.72. The number of rotatable bonds is 5. The normalized spacial score (nSPS) is 18.0. The van der Waals surface area contributed by atoms with Gasteiger partial charge in [-0.1, -0.05) is 65.1 Å². The molecule has 3 N–H and O–H groups in total. The summed E-state index contributed by atoms with van der Waals surface area (Å²) in [5.41, 5.74) is -0.128. The second-order valence-electron chi connectivity index (χ2n) is 7.44. The predicted molar refractivity (Wildman–Crippen MR) is 125 cm³/mol. The number of halogens is 6. The van der Waals surface area contributed by atoms with Gasteiger partial charge < -0.3 is 10.4 Å². The lowest BCUT2D eigenvalue weighted by Crippen LogP contribution is -2.42. The lowest BCUT2D eigenvalue weighted by atomic mass is 9.90. The Labute approximate surface area is 207 Å². The summed E-state index contributed by atoms with van der Waals surface area (Å²) in [6, 6.07) is 11.9. The third-order valence-electron chi connectivity index (χ3n) is 5.36. The molecule has 0 saturated heterocycles. The van der Waals surface area contributed by atoms with Gasteiger partial charge in [0.15, 0.2) is 0 Å². The molecule has 0 aromatic heterocycles. The molecule has 3 aromatic rings. The number of aliphatic hydroxyl groups is 1. The number of carbonyl (C=O) groups is 1. The number of hydroxylamine groups is 1. The minimum atomic E-state index is -4.89. The summed E-state index contributed by atoms with van der Waals surface area (Å²) in [6.07, 6.45) is -3.99. The molecule has 0 radical (unpaired) electrons. The number of fused-ring (bicyclic) bond motifs is 1. The zero-order valence-electron chi connectivity index (χ0n) is 17.1. The van der Waals surface area contributed by atoms with Crippen LogP contribution in [0.5, 0.6) is 0 Å². The van der Waals surface area contributed by atoms with Gasteiger partial charge in [0.05, 0.1) is 27.4 Å². The van der Waals surface area contributed by atoms with Gasteiger partial charge in [-0.3, -0.25) is 15.1 Å². The molecule has 5 nitrogen and oxygen atoms in total. The molecule has 3 aromatic carbocycles. The molecule has 178 valence electrons. The molecule has 0 aliphatic carbocycles. The van der Waals surface area contributed by atoms with Crippen LogP contribution in [0.15, 0.2) is 54.6 Å². The first kappa shape index (κ1) is 24.6. The molecule has 0 fully saturated rings. The van der Waals surface area contributed by atoms with E-state index in [9.17, 15) is 18.0 Å². The number of hydrogen-bond acceptors (Lipinski definition) is 4. The Morgan fingerprint density at radius 2 is 1.71 bits per heavy atom. The van der Waals surface area contributed by atoms with Crippen molar-refractivity contribution < 1.29 is 27.9 Å². The van der Waals surface area contributed by atoms with Gasteiger partial charge in [0.25, 0.3) is 5.91 Å². The molecule has 4 rings (SSSR count). The number of aliphatic hydroxyl groups excluding tert-OH is 1. The topological polar surface area (TPSA) is 70.6 Å². The lowest BCUT2D eigenvalue weighted by molar-refractivity contribution is -0.269. The van der Waals surface area contributed by atoms with Crippen LogP contribution in [-0.2, 0) is 10.4 Å². The van der Waals surface area contributed by atoms with E-state index in [4.69, 9.17) is 44.7 Å². The van der Waals surface area contributed by atoms with Crippen molar-refractivity contribution in [3.05, 3.63) is 86.4 Å². The van der Waals surface area contributed by atoms with Crippen molar-refractivity contribution in [2.75, 3.05) is 13.2 Å². The largest absolute Gasteiger partial charge is 0.428 e. The summed E-state index contributed by atoms with van der Waals surface area (Å²) < 4.78 is 43.1. The first-order chi connectivity index (χ1) is 16.1. The van der Waals surface area contributed by atoms with E-state index >= 15 is 0 Å². The summed E-state index contributed by atoms with van der Waals surface area (Å²) in [7, 11) is 0.